The van der Waals surface area contributed by atoms with E-state index in [9.17, 15) is 8.78 Å². The minimum Gasteiger partial charge on any atom is -0.379 e. The van der Waals surface area contributed by atoms with Crippen LogP contribution in [-0.2, 0) is 6.54 Å². The first kappa shape index (κ1) is 14.4. The summed E-state index contributed by atoms with van der Waals surface area (Å²) in [6, 6.07) is 6.67. The molecule has 2 aromatic rings. The number of hydrogen-bond acceptors (Lipinski definition) is 1. The van der Waals surface area contributed by atoms with Crippen LogP contribution in [0.25, 0.3) is 0 Å². The Labute approximate surface area is 124 Å². The van der Waals surface area contributed by atoms with Gasteiger partial charge in [-0.2, -0.15) is 0 Å². The highest BCUT2D eigenvalue weighted by atomic mass is 35.5. The van der Waals surface area contributed by atoms with Crippen molar-refractivity contribution in [2.45, 2.75) is 6.54 Å². The smallest absolute Gasteiger partial charge is 0.141 e. The highest BCUT2D eigenvalue weighted by Crippen LogP contribution is 2.31. The standard InChI is InChI=1S/C13H8Cl3F2N/c14-9-3-7(1-2-12(9)18)6-19-13-10(15)4-8(17)5-11(13)16/h1-5,19H,6H2. The molecule has 2 aromatic carbocycles. The fourth-order valence-corrected chi connectivity index (χ4v) is 2.35. The van der Waals surface area contributed by atoms with E-state index < -0.39 is 11.6 Å². The van der Waals surface area contributed by atoms with Gasteiger partial charge in [-0.3, -0.25) is 0 Å². The lowest BCUT2D eigenvalue weighted by Crippen LogP contribution is -2.01. The van der Waals surface area contributed by atoms with Crippen molar-refractivity contribution in [3.8, 4) is 0 Å². The van der Waals surface area contributed by atoms with Gasteiger partial charge < -0.3 is 5.32 Å². The van der Waals surface area contributed by atoms with E-state index in [2.05, 4.69) is 5.32 Å². The average molecular weight is 323 g/mol. The third-order valence-corrected chi connectivity index (χ3v) is 3.35. The van der Waals surface area contributed by atoms with Gasteiger partial charge in [-0.25, -0.2) is 8.78 Å². The second kappa shape index (κ2) is 5.95. The third kappa shape index (κ3) is 3.50. The fraction of sp³-hybridized carbons (Fsp3) is 0.0769. The van der Waals surface area contributed by atoms with Gasteiger partial charge in [-0.05, 0) is 29.8 Å². The van der Waals surface area contributed by atoms with Gasteiger partial charge in [0.05, 0.1) is 20.8 Å². The number of hydrogen-bond donors (Lipinski definition) is 1. The highest BCUT2D eigenvalue weighted by molar-refractivity contribution is 6.39. The van der Waals surface area contributed by atoms with Crippen LogP contribution in [0.2, 0.25) is 15.1 Å². The Morgan fingerprint density at radius 2 is 1.53 bits per heavy atom. The lowest BCUT2D eigenvalue weighted by molar-refractivity contribution is 0.627. The molecule has 0 fully saturated rings. The molecule has 19 heavy (non-hydrogen) atoms. The number of nitrogens with one attached hydrogen (secondary N) is 1. The number of halogens is 5. The number of anilines is 1. The lowest BCUT2D eigenvalue weighted by Gasteiger charge is -2.11. The second-order valence-electron chi connectivity index (χ2n) is 3.85. The lowest BCUT2D eigenvalue weighted by atomic mass is 10.2. The van der Waals surface area contributed by atoms with Crippen LogP contribution < -0.4 is 5.32 Å². The molecule has 0 saturated heterocycles. The molecule has 1 nitrogen and oxygen atoms in total. The Bertz CT molecular complexity index is 594. The van der Waals surface area contributed by atoms with Crippen molar-refractivity contribution in [1.29, 1.82) is 0 Å². The van der Waals surface area contributed by atoms with Crippen LogP contribution in [-0.4, -0.2) is 0 Å². The third-order valence-electron chi connectivity index (χ3n) is 2.46. The van der Waals surface area contributed by atoms with E-state index >= 15 is 0 Å². The first-order chi connectivity index (χ1) is 8.97. The van der Waals surface area contributed by atoms with Crippen LogP contribution >= 0.6 is 34.8 Å². The zero-order valence-electron chi connectivity index (χ0n) is 9.48. The molecule has 0 amide bonds. The molecular formula is C13H8Cl3F2N. The van der Waals surface area contributed by atoms with Gasteiger partial charge in [0.25, 0.3) is 0 Å². The van der Waals surface area contributed by atoms with Crippen molar-refractivity contribution in [3.63, 3.8) is 0 Å². The predicted octanol–water partition coefficient (Wildman–Crippen LogP) is 5.54. The summed E-state index contributed by atoms with van der Waals surface area (Å²) in [5.41, 5.74) is 1.17. The van der Waals surface area contributed by atoms with E-state index in [-0.39, 0.29) is 15.1 Å². The summed E-state index contributed by atoms with van der Waals surface area (Å²) < 4.78 is 26.0. The van der Waals surface area contributed by atoms with E-state index in [1.54, 1.807) is 6.07 Å². The minimum atomic E-state index is -0.509. The quantitative estimate of drug-likeness (QED) is 0.782. The largest absolute Gasteiger partial charge is 0.379 e. The maximum atomic E-state index is 13.0. The number of benzene rings is 2. The van der Waals surface area contributed by atoms with Crippen molar-refractivity contribution in [2.24, 2.45) is 0 Å². The Balaban J connectivity index is 2.16. The van der Waals surface area contributed by atoms with Crippen molar-refractivity contribution in [1.82, 2.24) is 0 Å². The van der Waals surface area contributed by atoms with E-state index in [4.69, 9.17) is 34.8 Å². The van der Waals surface area contributed by atoms with Crippen molar-refractivity contribution in [2.75, 3.05) is 5.32 Å². The van der Waals surface area contributed by atoms with Gasteiger partial charge in [0.2, 0.25) is 0 Å². The summed E-state index contributed by atoms with van der Waals surface area (Å²) in [7, 11) is 0. The van der Waals surface area contributed by atoms with Gasteiger partial charge in [-0.1, -0.05) is 40.9 Å². The fourth-order valence-electron chi connectivity index (χ4n) is 1.55. The molecule has 0 atom stereocenters. The molecular weight excluding hydrogens is 315 g/mol. The van der Waals surface area contributed by atoms with Gasteiger partial charge in [-0.15, -0.1) is 0 Å². The average Bonchev–Trinajstić information content (AvgIpc) is 2.32. The molecule has 0 saturated carbocycles. The maximum absolute atomic E-state index is 13.0. The first-order valence-electron chi connectivity index (χ1n) is 5.29. The topological polar surface area (TPSA) is 12.0 Å². The maximum Gasteiger partial charge on any atom is 0.141 e. The molecule has 0 radical (unpaired) electrons. The first-order valence-corrected chi connectivity index (χ1v) is 6.43. The second-order valence-corrected chi connectivity index (χ2v) is 5.07. The normalized spacial score (nSPS) is 10.6. The van der Waals surface area contributed by atoms with Gasteiger partial charge in [0, 0.05) is 6.54 Å². The van der Waals surface area contributed by atoms with Crippen LogP contribution in [0.4, 0.5) is 14.5 Å². The van der Waals surface area contributed by atoms with Crippen LogP contribution in [0.3, 0.4) is 0 Å². The number of rotatable bonds is 3. The molecule has 0 aliphatic rings. The summed E-state index contributed by atoms with van der Waals surface area (Å²) in [4.78, 5) is 0. The molecule has 0 unspecified atom stereocenters. The summed E-state index contributed by atoms with van der Waals surface area (Å²) in [5.74, 6) is -0.992. The molecule has 0 heterocycles. The molecule has 0 spiro atoms. The molecule has 0 aromatic heterocycles. The van der Waals surface area contributed by atoms with Crippen LogP contribution in [0.5, 0.6) is 0 Å². The van der Waals surface area contributed by atoms with Crippen LogP contribution in [0, 0.1) is 11.6 Å². The van der Waals surface area contributed by atoms with E-state index in [1.807, 2.05) is 0 Å². The zero-order chi connectivity index (χ0) is 14.0. The van der Waals surface area contributed by atoms with Crippen molar-refractivity contribution in [3.05, 3.63) is 62.6 Å². The Kier molecular flexibility index (Phi) is 4.50. The zero-order valence-corrected chi connectivity index (χ0v) is 11.8. The van der Waals surface area contributed by atoms with Crippen LogP contribution in [0.1, 0.15) is 5.56 Å². The van der Waals surface area contributed by atoms with Crippen molar-refractivity contribution < 1.29 is 8.78 Å². The SMILES string of the molecule is Fc1cc(Cl)c(NCc2ccc(F)c(Cl)c2)c(Cl)c1. The molecule has 0 aliphatic heterocycles. The van der Waals surface area contributed by atoms with Gasteiger partial charge in [0.15, 0.2) is 0 Å². The molecule has 6 heteroatoms. The molecule has 0 aliphatic carbocycles. The van der Waals surface area contributed by atoms with Crippen molar-refractivity contribution >= 4 is 40.5 Å². The van der Waals surface area contributed by atoms with Crippen LogP contribution in [0.15, 0.2) is 30.3 Å². The van der Waals surface area contributed by atoms with E-state index in [0.29, 0.717) is 12.2 Å². The molecule has 1 N–H and O–H groups in total. The van der Waals surface area contributed by atoms with Gasteiger partial charge in [0.1, 0.15) is 11.6 Å². The summed E-state index contributed by atoms with van der Waals surface area (Å²) >= 11 is 17.4. The predicted molar refractivity (Wildman–Crippen MR) is 75.2 cm³/mol. The Morgan fingerprint density at radius 3 is 2.11 bits per heavy atom. The summed E-state index contributed by atoms with van der Waals surface area (Å²) in [6.07, 6.45) is 0. The summed E-state index contributed by atoms with van der Waals surface area (Å²) in [6.45, 7) is 0.338. The Morgan fingerprint density at radius 1 is 0.895 bits per heavy atom. The summed E-state index contributed by atoms with van der Waals surface area (Å²) in [5, 5.41) is 3.36. The monoisotopic (exact) mass is 321 g/mol. The molecule has 100 valence electrons. The minimum absolute atomic E-state index is 0.0376. The highest BCUT2D eigenvalue weighted by Gasteiger charge is 2.08. The molecule has 0 bridgehead atoms. The van der Waals surface area contributed by atoms with E-state index in [0.717, 1.165) is 17.7 Å². The van der Waals surface area contributed by atoms with Gasteiger partial charge >= 0.3 is 0 Å². The van der Waals surface area contributed by atoms with E-state index in [1.165, 1.54) is 12.1 Å². The molecule has 2 rings (SSSR count). The Hall–Kier alpha value is -1.03.